The second-order valence-electron chi connectivity index (χ2n) is 3.96. The summed E-state index contributed by atoms with van der Waals surface area (Å²) in [4.78, 5) is 11.3. The number of hydrogen-bond donors (Lipinski definition) is 0. The van der Waals surface area contributed by atoms with Gasteiger partial charge in [-0.1, -0.05) is 54.9 Å². The number of allylic oxidation sites excluding steroid dienone is 1. The van der Waals surface area contributed by atoms with Crippen LogP contribution in [0.25, 0.3) is 0 Å². The lowest BCUT2D eigenvalue weighted by Crippen LogP contribution is -1.96. The van der Waals surface area contributed by atoms with E-state index in [0.717, 1.165) is 32.1 Å². The lowest BCUT2D eigenvalue weighted by atomic mass is 10.1. The molecule has 0 spiro atoms. The van der Waals surface area contributed by atoms with Crippen LogP contribution in [0.5, 0.6) is 0 Å². The average molecular weight is 322 g/mol. The maximum Gasteiger partial charge on any atom is 0.132 e. The van der Waals surface area contributed by atoms with Gasteiger partial charge >= 0.3 is 0 Å². The summed E-state index contributed by atoms with van der Waals surface area (Å²) in [5, 5.41) is 0. The van der Waals surface area contributed by atoms with E-state index in [2.05, 4.69) is 39.7 Å². The van der Waals surface area contributed by atoms with Crippen LogP contribution >= 0.6 is 22.6 Å². The van der Waals surface area contributed by atoms with Crippen molar-refractivity contribution in [1.82, 2.24) is 0 Å². The minimum absolute atomic E-state index is 0.462. The molecule has 0 aromatic rings. The van der Waals surface area contributed by atoms with Crippen molar-refractivity contribution in [2.75, 3.05) is 0 Å². The van der Waals surface area contributed by atoms with Crippen molar-refractivity contribution in [3.05, 3.63) is 10.2 Å². The van der Waals surface area contributed by atoms with Gasteiger partial charge in [-0.25, -0.2) is 0 Å². The molecule has 0 unspecified atom stereocenters. The van der Waals surface area contributed by atoms with Crippen LogP contribution in [0, 0.1) is 0 Å². The molecule has 0 radical (unpaired) electrons. The van der Waals surface area contributed by atoms with E-state index in [4.69, 9.17) is 0 Å². The quantitative estimate of drug-likeness (QED) is 0.407. The van der Waals surface area contributed by atoms with Crippen molar-refractivity contribution in [1.29, 1.82) is 0 Å². The second kappa shape index (κ2) is 12.2. The Hall–Kier alpha value is 0.140. The fraction of sp³-hybridized carbons (Fsp3) is 0.769. The first-order chi connectivity index (χ1) is 7.31. The van der Waals surface area contributed by atoms with Crippen LogP contribution in [0.1, 0.15) is 64.7 Å². The molecular weight excluding hydrogens is 299 g/mol. The molecule has 0 atom stereocenters. The van der Waals surface area contributed by atoms with Gasteiger partial charge in [-0.3, -0.25) is 4.79 Å². The van der Waals surface area contributed by atoms with Gasteiger partial charge in [0.05, 0.1) is 0 Å². The Labute approximate surface area is 108 Å². The molecule has 0 N–H and O–H groups in total. The van der Waals surface area contributed by atoms with Crippen molar-refractivity contribution in [2.45, 2.75) is 64.7 Å². The molecule has 0 bridgehead atoms. The molecule has 0 aromatic carbocycles. The van der Waals surface area contributed by atoms with E-state index < -0.39 is 0 Å². The predicted octanol–water partition coefficient (Wildman–Crippen LogP) is 5.04. The van der Waals surface area contributed by atoms with Crippen LogP contribution in [0.4, 0.5) is 0 Å². The first-order valence-corrected chi connectivity index (χ1v) is 7.32. The number of unbranched alkanes of at least 4 members (excludes halogenated alkanes) is 5. The van der Waals surface area contributed by atoms with Crippen LogP contribution in [0.15, 0.2) is 10.2 Å². The van der Waals surface area contributed by atoms with E-state index >= 15 is 0 Å². The molecule has 0 aliphatic carbocycles. The number of hydrogen-bond acceptors (Lipinski definition) is 1. The van der Waals surface area contributed by atoms with Crippen LogP contribution in [-0.4, -0.2) is 5.78 Å². The van der Waals surface area contributed by atoms with Crippen molar-refractivity contribution in [3.63, 3.8) is 0 Å². The number of ketones is 1. The Kier molecular flexibility index (Phi) is 12.3. The summed E-state index contributed by atoms with van der Waals surface area (Å²) in [7, 11) is 0. The molecule has 15 heavy (non-hydrogen) atoms. The third kappa shape index (κ3) is 12.1. The van der Waals surface area contributed by atoms with E-state index in [1.54, 1.807) is 0 Å². The van der Waals surface area contributed by atoms with Gasteiger partial charge < -0.3 is 0 Å². The van der Waals surface area contributed by atoms with E-state index in [0.29, 0.717) is 5.78 Å². The van der Waals surface area contributed by atoms with Gasteiger partial charge in [0.2, 0.25) is 0 Å². The molecule has 0 aliphatic rings. The molecule has 2 heteroatoms. The monoisotopic (exact) mass is 322 g/mol. The summed E-state index contributed by atoms with van der Waals surface area (Å²) >= 11 is 2.25. The minimum atomic E-state index is 0.462. The average Bonchev–Trinajstić information content (AvgIpc) is 2.25. The van der Waals surface area contributed by atoms with Crippen LogP contribution < -0.4 is 0 Å². The topological polar surface area (TPSA) is 17.1 Å². The molecule has 0 aromatic heterocycles. The van der Waals surface area contributed by atoms with Crippen molar-refractivity contribution in [3.8, 4) is 0 Å². The standard InChI is InChI=1S/C13H23IO/c1-2-3-10-13(15)11-8-6-4-5-7-9-12-14/h9,12H,2-8,10-11H2,1H3/b12-9-. The van der Waals surface area contributed by atoms with Gasteiger partial charge in [-0.2, -0.15) is 0 Å². The predicted molar refractivity (Wildman–Crippen MR) is 75.4 cm³/mol. The molecule has 0 fully saturated rings. The molecule has 0 rings (SSSR count). The van der Waals surface area contributed by atoms with E-state index in [1.807, 2.05) is 0 Å². The largest absolute Gasteiger partial charge is 0.300 e. The summed E-state index contributed by atoms with van der Waals surface area (Å²) in [6.07, 6.45) is 12.0. The molecule has 0 amide bonds. The second-order valence-corrected chi connectivity index (χ2v) is 4.68. The summed E-state index contributed by atoms with van der Waals surface area (Å²) in [6, 6.07) is 0. The minimum Gasteiger partial charge on any atom is -0.300 e. The van der Waals surface area contributed by atoms with Gasteiger partial charge in [-0.15, -0.1) is 0 Å². The Morgan fingerprint density at radius 2 is 1.73 bits per heavy atom. The number of carbonyl (C=O) groups is 1. The van der Waals surface area contributed by atoms with Gasteiger partial charge in [-0.05, 0) is 29.8 Å². The summed E-state index contributed by atoms with van der Waals surface area (Å²) in [6.45, 7) is 2.13. The molecule has 88 valence electrons. The van der Waals surface area contributed by atoms with Gasteiger partial charge in [0.25, 0.3) is 0 Å². The summed E-state index contributed by atoms with van der Waals surface area (Å²) in [5.74, 6) is 0.462. The van der Waals surface area contributed by atoms with Crippen LogP contribution in [0.2, 0.25) is 0 Å². The fourth-order valence-electron chi connectivity index (χ4n) is 1.50. The highest BCUT2D eigenvalue weighted by Crippen LogP contribution is 2.08. The maximum atomic E-state index is 11.3. The smallest absolute Gasteiger partial charge is 0.132 e. The molecule has 0 heterocycles. The van der Waals surface area contributed by atoms with Gasteiger partial charge in [0.15, 0.2) is 0 Å². The van der Waals surface area contributed by atoms with Crippen LogP contribution in [-0.2, 0) is 4.79 Å². The number of rotatable bonds is 10. The third-order valence-corrected chi connectivity index (χ3v) is 2.98. The Morgan fingerprint density at radius 1 is 1.07 bits per heavy atom. The maximum absolute atomic E-state index is 11.3. The van der Waals surface area contributed by atoms with E-state index in [1.165, 1.54) is 25.7 Å². The molecule has 1 nitrogen and oxygen atoms in total. The molecule has 0 aliphatic heterocycles. The number of halogens is 1. The first-order valence-electron chi connectivity index (χ1n) is 6.08. The number of Topliss-reactive ketones (excluding diaryl/α,β-unsaturated/α-hetero) is 1. The molecule has 0 saturated carbocycles. The Balaban J connectivity index is 3.12. The SMILES string of the molecule is CCCCC(=O)CCCCCC/C=C\I. The van der Waals surface area contributed by atoms with E-state index in [9.17, 15) is 4.79 Å². The van der Waals surface area contributed by atoms with E-state index in [-0.39, 0.29) is 0 Å². The van der Waals surface area contributed by atoms with Crippen LogP contribution in [0.3, 0.4) is 0 Å². The zero-order valence-corrected chi connectivity index (χ0v) is 12.0. The normalized spacial score (nSPS) is 11.1. The van der Waals surface area contributed by atoms with Gasteiger partial charge in [0.1, 0.15) is 5.78 Å². The Morgan fingerprint density at radius 3 is 2.40 bits per heavy atom. The lowest BCUT2D eigenvalue weighted by molar-refractivity contribution is -0.119. The Bertz CT molecular complexity index is 175. The van der Waals surface area contributed by atoms with Crippen molar-refractivity contribution < 1.29 is 4.79 Å². The molecule has 0 saturated heterocycles. The highest BCUT2D eigenvalue weighted by molar-refractivity contribution is 14.1. The lowest BCUT2D eigenvalue weighted by Gasteiger charge is -2.00. The zero-order chi connectivity index (χ0) is 11.4. The van der Waals surface area contributed by atoms with Crippen molar-refractivity contribution >= 4 is 28.4 Å². The third-order valence-electron chi connectivity index (χ3n) is 2.47. The zero-order valence-electron chi connectivity index (χ0n) is 9.80. The summed E-state index contributed by atoms with van der Waals surface area (Å²) < 4.78 is 2.08. The van der Waals surface area contributed by atoms with Gasteiger partial charge in [0, 0.05) is 12.8 Å². The highest BCUT2D eigenvalue weighted by Gasteiger charge is 2.00. The molecular formula is C13H23IO. The number of carbonyl (C=O) groups excluding carboxylic acids is 1. The first kappa shape index (κ1) is 15.1. The van der Waals surface area contributed by atoms with Crippen molar-refractivity contribution in [2.24, 2.45) is 0 Å². The summed E-state index contributed by atoms with van der Waals surface area (Å²) in [5.41, 5.74) is 0. The fourth-order valence-corrected chi connectivity index (χ4v) is 1.86. The highest BCUT2D eigenvalue weighted by atomic mass is 127.